The molecule has 4 saturated carbocycles. The molecule has 0 radical (unpaired) electrons. The van der Waals surface area contributed by atoms with Gasteiger partial charge in [0, 0.05) is 10.8 Å². The van der Waals surface area contributed by atoms with Crippen molar-refractivity contribution < 1.29 is 14.2 Å². The Morgan fingerprint density at radius 1 is 0.872 bits per heavy atom. The lowest BCUT2D eigenvalue weighted by atomic mass is 9.33. The van der Waals surface area contributed by atoms with E-state index in [1.54, 1.807) is 5.57 Å². The van der Waals surface area contributed by atoms with E-state index < -0.39 is 5.79 Å². The summed E-state index contributed by atoms with van der Waals surface area (Å²) in [4.78, 5) is 0. The lowest BCUT2D eigenvalue weighted by Crippen LogP contribution is -2.68. The predicted molar refractivity (Wildman–Crippen MR) is 158 cm³/mol. The zero-order valence-corrected chi connectivity index (χ0v) is 26.5. The molecule has 1 heterocycles. The molecule has 0 aromatic heterocycles. The molecule has 1 saturated heterocycles. The largest absolute Gasteiger partial charge is 0.365 e. The summed E-state index contributed by atoms with van der Waals surface area (Å²) in [6, 6.07) is 0. The van der Waals surface area contributed by atoms with Gasteiger partial charge in [-0.15, -0.1) is 6.42 Å². The molecular formula is C36H56O3. The maximum Gasteiger partial charge on any atom is 0.163 e. The van der Waals surface area contributed by atoms with E-state index in [9.17, 15) is 0 Å². The Morgan fingerprint density at radius 3 is 2.33 bits per heavy atom. The van der Waals surface area contributed by atoms with Gasteiger partial charge in [-0.1, -0.05) is 66.0 Å². The van der Waals surface area contributed by atoms with E-state index in [0.717, 1.165) is 13.0 Å². The highest BCUT2D eigenvalue weighted by Gasteiger charge is 2.70. The number of allylic oxidation sites excluding steroid dienone is 2. The molecule has 0 aromatic carbocycles. The van der Waals surface area contributed by atoms with Crippen molar-refractivity contribution in [3.05, 3.63) is 11.6 Å². The second-order valence-electron chi connectivity index (χ2n) is 17.3. The number of terminal acetylenes is 1. The number of rotatable bonds is 2. The molecule has 10 atom stereocenters. The highest BCUT2D eigenvalue weighted by molar-refractivity contribution is 5.34. The maximum atomic E-state index is 6.61. The summed E-state index contributed by atoms with van der Waals surface area (Å²) >= 11 is 0. The second kappa shape index (κ2) is 8.61. The fourth-order valence-corrected chi connectivity index (χ4v) is 11.9. The minimum atomic E-state index is -0.457. The number of fused-ring (bicyclic) bond motifs is 9. The Hall–Kier alpha value is -0.820. The lowest BCUT2D eigenvalue weighted by molar-refractivity contribution is -0.351. The quantitative estimate of drug-likeness (QED) is 0.261. The standard InChI is InChI=1S/C36H56O3/c1-11-20-37-29-22-30(2,3)21-25-24-12-13-27-33(7)16-15-28-34(8,23-38-31(4,5)39-28)26(33)14-17-36(27,10)35(24,9)19-18-32(25,29)6/h1,12,25-29H,13-23H2,2-10H3/t25-,26?,27?,28-,29+,32+,33-,34+,35+,36+/m0/s1. The Kier molecular flexibility index (Phi) is 6.25. The SMILES string of the molecule is C#CCO[C@@H]1CC(C)(C)C[C@H]2C3=CCC4[C@@]5(C)CC[C@@H]6OC(C)(C)OC[C@]6(C)C5CC[C@@]4(C)[C@]3(C)CC[C@@]12C. The van der Waals surface area contributed by atoms with Gasteiger partial charge in [0.2, 0.25) is 0 Å². The molecule has 6 rings (SSSR count). The summed E-state index contributed by atoms with van der Waals surface area (Å²) in [5.41, 5.74) is 3.22. The first-order chi connectivity index (χ1) is 18.0. The molecule has 0 aromatic rings. The van der Waals surface area contributed by atoms with Crippen molar-refractivity contribution >= 4 is 0 Å². The molecule has 0 spiro atoms. The Morgan fingerprint density at radius 2 is 1.62 bits per heavy atom. The van der Waals surface area contributed by atoms with Crippen LogP contribution in [0, 0.1) is 62.6 Å². The van der Waals surface area contributed by atoms with Gasteiger partial charge in [-0.25, -0.2) is 0 Å². The number of ether oxygens (including phenoxy) is 3. The summed E-state index contributed by atoms with van der Waals surface area (Å²) in [6.45, 7) is 23.5. The van der Waals surface area contributed by atoms with Gasteiger partial charge >= 0.3 is 0 Å². The zero-order chi connectivity index (χ0) is 28.3. The molecule has 1 aliphatic heterocycles. The van der Waals surface area contributed by atoms with E-state index in [2.05, 4.69) is 74.3 Å². The zero-order valence-electron chi connectivity index (χ0n) is 26.5. The smallest absolute Gasteiger partial charge is 0.163 e. The van der Waals surface area contributed by atoms with E-state index in [1.807, 2.05) is 0 Å². The summed E-state index contributed by atoms with van der Waals surface area (Å²) in [5.74, 6) is 4.25. The van der Waals surface area contributed by atoms with Gasteiger partial charge in [0.1, 0.15) is 6.61 Å². The van der Waals surface area contributed by atoms with Crippen LogP contribution < -0.4 is 0 Å². The van der Waals surface area contributed by atoms with Crippen molar-refractivity contribution in [2.45, 2.75) is 138 Å². The monoisotopic (exact) mass is 536 g/mol. The fourth-order valence-electron chi connectivity index (χ4n) is 11.9. The predicted octanol–water partition coefficient (Wildman–Crippen LogP) is 8.57. The molecule has 3 heteroatoms. The van der Waals surface area contributed by atoms with Crippen LogP contribution in [0.5, 0.6) is 0 Å². The molecule has 0 bridgehead atoms. The first-order valence-electron chi connectivity index (χ1n) is 16.1. The van der Waals surface area contributed by atoms with E-state index in [0.29, 0.717) is 41.3 Å². The van der Waals surface area contributed by atoms with Crippen molar-refractivity contribution in [2.24, 2.45) is 50.2 Å². The highest BCUT2D eigenvalue weighted by Crippen LogP contribution is 2.76. The maximum absolute atomic E-state index is 6.61. The normalized spacial score (nSPS) is 53.5. The summed E-state index contributed by atoms with van der Waals surface area (Å²) in [5, 5.41) is 0. The van der Waals surface area contributed by atoms with Gasteiger partial charge in [-0.2, -0.15) is 0 Å². The molecule has 0 amide bonds. The first-order valence-corrected chi connectivity index (χ1v) is 16.1. The van der Waals surface area contributed by atoms with Crippen LogP contribution >= 0.6 is 0 Å². The third-order valence-electron chi connectivity index (χ3n) is 14.4. The minimum Gasteiger partial charge on any atom is -0.365 e. The Bertz CT molecular complexity index is 1080. The molecule has 2 unspecified atom stereocenters. The van der Waals surface area contributed by atoms with Crippen molar-refractivity contribution in [1.29, 1.82) is 0 Å². The lowest BCUT2D eigenvalue weighted by Gasteiger charge is -2.72. The average Bonchev–Trinajstić information content (AvgIpc) is 2.84. The van der Waals surface area contributed by atoms with Crippen molar-refractivity contribution in [2.75, 3.05) is 13.2 Å². The van der Waals surface area contributed by atoms with Crippen molar-refractivity contribution in [3.8, 4) is 12.3 Å². The Labute approximate surface area is 239 Å². The van der Waals surface area contributed by atoms with Crippen molar-refractivity contribution in [3.63, 3.8) is 0 Å². The summed E-state index contributed by atoms with van der Waals surface area (Å²) in [7, 11) is 0. The summed E-state index contributed by atoms with van der Waals surface area (Å²) in [6.07, 6.45) is 20.2. The molecule has 0 N–H and O–H groups in total. The van der Waals surface area contributed by atoms with Gasteiger partial charge < -0.3 is 14.2 Å². The van der Waals surface area contributed by atoms with Crippen molar-refractivity contribution in [1.82, 2.24) is 0 Å². The third-order valence-corrected chi connectivity index (χ3v) is 14.4. The van der Waals surface area contributed by atoms with Gasteiger partial charge in [0.15, 0.2) is 5.79 Å². The van der Waals surface area contributed by atoms with Gasteiger partial charge in [-0.3, -0.25) is 0 Å². The topological polar surface area (TPSA) is 27.7 Å². The second-order valence-corrected chi connectivity index (χ2v) is 17.3. The van der Waals surface area contributed by atoms with Crippen LogP contribution in [0.3, 0.4) is 0 Å². The van der Waals surface area contributed by atoms with Crippen LogP contribution in [-0.2, 0) is 14.2 Å². The minimum absolute atomic E-state index is 0.106. The highest BCUT2D eigenvalue weighted by atomic mass is 16.7. The van der Waals surface area contributed by atoms with Crippen LogP contribution in [0.15, 0.2) is 11.6 Å². The van der Waals surface area contributed by atoms with Crippen LogP contribution in [0.1, 0.15) is 120 Å². The molecular weight excluding hydrogens is 480 g/mol. The fraction of sp³-hybridized carbons (Fsp3) is 0.889. The van der Waals surface area contributed by atoms with E-state index >= 15 is 0 Å². The third kappa shape index (κ3) is 3.79. The number of hydrogen-bond donors (Lipinski definition) is 0. The van der Waals surface area contributed by atoms with Crippen LogP contribution in [0.2, 0.25) is 0 Å². The average molecular weight is 537 g/mol. The molecule has 3 nitrogen and oxygen atoms in total. The summed E-state index contributed by atoms with van der Waals surface area (Å²) < 4.78 is 19.4. The van der Waals surface area contributed by atoms with Crippen LogP contribution in [-0.4, -0.2) is 31.2 Å². The first kappa shape index (κ1) is 28.3. The van der Waals surface area contributed by atoms with E-state index in [1.165, 1.54) is 51.4 Å². The molecule has 5 fully saturated rings. The molecule has 6 aliphatic rings. The van der Waals surface area contributed by atoms with Gasteiger partial charge in [0.05, 0.1) is 18.8 Å². The molecule has 5 aliphatic carbocycles. The van der Waals surface area contributed by atoms with E-state index in [4.69, 9.17) is 20.6 Å². The Balaban J connectivity index is 1.37. The van der Waals surface area contributed by atoms with Gasteiger partial charge in [0.25, 0.3) is 0 Å². The van der Waals surface area contributed by atoms with E-state index in [-0.39, 0.29) is 27.8 Å². The van der Waals surface area contributed by atoms with Crippen LogP contribution in [0.4, 0.5) is 0 Å². The number of hydrogen-bond acceptors (Lipinski definition) is 3. The van der Waals surface area contributed by atoms with Crippen LogP contribution in [0.25, 0.3) is 0 Å². The van der Waals surface area contributed by atoms with Gasteiger partial charge in [-0.05, 0) is 111 Å². The molecule has 218 valence electrons. The molecule has 39 heavy (non-hydrogen) atoms.